The fourth-order valence-corrected chi connectivity index (χ4v) is 0.892. The van der Waals surface area contributed by atoms with Crippen LogP contribution in [0.4, 0.5) is 22.0 Å². The molecule has 0 N–H and O–H groups in total. The summed E-state index contributed by atoms with van der Waals surface area (Å²) in [7, 11) is 0. The minimum absolute atomic E-state index is 0.446. The Bertz CT molecular complexity index is 376. The Morgan fingerprint density at radius 2 is 1.52 bits per heavy atom. The van der Waals surface area contributed by atoms with E-state index in [1.54, 1.807) is 20.8 Å². The fraction of sp³-hybridized carbons (Fsp3) is 0.833. The molecule has 0 aromatic carbocycles. The Morgan fingerprint density at radius 3 is 1.95 bits per heavy atom. The number of esters is 2. The highest BCUT2D eigenvalue weighted by Gasteiger charge is 2.58. The normalized spacial score (nSPS) is 13.0. The van der Waals surface area contributed by atoms with Crippen molar-refractivity contribution in [1.82, 2.24) is 0 Å². The van der Waals surface area contributed by atoms with Crippen molar-refractivity contribution >= 4 is 11.9 Å². The number of hydrogen-bond acceptors (Lipinski definition) is 4. The van der Waals surface area contributed by atoms with Crippen LogP contribution in [-0.2, 0) is 19.1 Å². The average molecular weight is 320 g/mol. The Balaban J connectivity index is 4.12. The van der Waals surface area contributed by atoms with Gasteiger partial charge in [0.2, 0.25) is 0 Å². The maximum Gasteiger partial charge on any atom is 0.456 e. The zero-order chi connectivity index (χ0) is 16.9. The van der Waals surface area contributed by atoms with Crippen LogP contribution in [0, 0.1) is 5.41 Å². The highest BCUT2D eigenvalue weighted by atomic mass is 19.4. The van der Waals surface area contributed by atoms with Crippen molar-refractivity contribution in [3.8, 4) is 0 Å². The van der Waals surface area contributed by atoms with Crippen LogP contribution in [0.25, 0.3) is 0 Å². The van der Waals surface area contributed by atoms with E-state index in [2.05, 4.69) is 4.74 Å². The van der Waals surface area contributed by atoms with Gasteiger partial charge in [-0.05, 0) is 20.3 Å². The van der Waals surface area contributed by atoms with Crippen LogP contribution < -0.4 is 0 Å². The van der Waals surface area contributed by atoms with E-state index >= 15 is 0 Å². The molecule has 0 aromatic rings. The minimum atomic E-state index is -5.79. The number of alkyl halides is 5. The molecule has 0 fully saturated rings. The second-order valence-electron chi connectivity index (χ2n) is 4.99. The molecule has 9 heteroatoms. The highest BCUT2D eigenvalue weighted by Crippen LogP contribution is 2.35. The lowest BCUT2D eigenvalue weighted by Gasteiger charge is -2.20. The predicted molar refractivity (Wildman–Crippen MR) is 61.6 cm³/mol. The molecule has 0 atom stereocenters. The molecule has 0 unspecified atom stereocenters. The van der Waals surface area contributed by atoms with Gasteiger partial charge in [0.05, 0.1) is 11.8 Å². The molecule has 21 heavy (non-hydrogen) atoms. The second kappa shape index (κ2) is 7.04. The zero-order valence-electron chi connectivity index (χ0n) is 11.9. The predicted octanol–water partition coefficient (Wildman–Crippen LogP) is 3.10. The van der Waals surface area contributed by atoms with Crippen molar-refractivity contribution in [3.05, 3.63) is 0 Å². The van der Waals surface area contributed by atoms with E-state index in [0.717, 1.165) is 0 Å². The van der Waals surface area contributed by atoms with E-state index in [1.165, 1.54) is 0 Å². The molecule has 0 spiro atoms. The van der Waals surface area contributed by atoms with Crippen molar-refractivity contribution in [1.29, 1.82) is 0 Å². The van der Waals surface area contributed by atoms with E-state index in [-0.39, 0.29) is 0 Å². The lowest BCUT2D eigenvalue weighted by molar-refractivity contribution is -0.294. The molecule has 0 saturated carbocycles. The molecule has 0 saturated heterocycles. The maximum atomic E-state index is 12.5. The van der Waals surface area contributed by atoms with Crippen LogP contribution in [0.3, 0.4) is 0 Å². The van der Waals surface area contributed by atoms with Gasteiger partial charge in [-0.2, -0.15) is 22.0 Å². The molecule has 0 aliphatic heterocycles. The first-order chi connectivity index (χ1) is 9.33. The molecule has 0 aliphatic carbocycles. The SMILES string of the molecule is CCC(C)(C)C(=O)OCCC(=O)OCC(F)(F)C(F)(F)F. The summed E-state index contributed by atoms with van der Waals surface area (Å²) in [5.41, 5.74) is -0.771. The van der Waals surface area contributed by atoms with Gasteiger partial charge in [-0.25, -0.2) is 0 Å². The molecule has 124 valence electrons. The lowest BCUT2D eigenvalue weighted by Crippen LogP contribution is -2.41. The first-order valence-electron chi connectivity index (χ1n) is 6.11. The van der Waals surface area contributed by atoms with Crippen molar-refractivity contribution in [2.75, 3.05) is 13.2 Å². The minimum Gasteiger partial charge on any atom is -0.465 e. The smallest absolute Gasteiger partial charge is 0.456 e. The Hall–Kier alpha value is -1.41. The van der Waals surface area contributed by atoms with Crippen molar-refractivity contribution < 1.29 is 41.0 Å². The zero-order valence-corrected chi connectivity index (χ0v) is 11.9. The van der Waals surface area contributed by atoms with Gasteiger partial charge in [0, 0.05) is 0 Å². The molecule has 0 aromatic heterocycles. The average Bonchev–Trinajstić information content (AvgIpc) is 2.34. The topological polar surface area (TPSA) is 52.6 Å². The van der Waals surface area contributed by atoms with E-state index in [4.69, 9.17) is 4.74 Å². The van der Waals surface area contributed by atoms with Crippen LogP contribution in [0.15, 0.2) is 0 Å². The van der Waals surface area contributed by atoms with Gasteiger partial charge in [0.15, 0.2) is 6.61 Å². The van der Waals surface area contributed by atoms with Crippen LogP contribution in [0.5, 0.6) is 0 Å². The third-order valence-corrected chi connectivity index (χ3v) is 2.80. The summed E-state index contributed by atoms with van der Waals surface area (Å²) < 4.78 is 68.9. The Labute approximate surface area is 118 Å². The fourth-order valence-electron chi connectivity index (χ4n) is 0.892. The molecule has 0 amide bonds. The highest BCUT2D eigenvalue weighted by molar-refractivity contribution is 5.76. The number of ether oxygens (including phenoxy) is 2. The van der Waals surface area contributed by atoms with Crippen LogP contribution in [-0.4, -0.2) is 37.3 Å². The number of halogens is 5. The van der Waals surface area contributed by atoms with Gasteiger partial charge < -0.3 is 9.47 Å². The number of hydrogen-bond donors (Lipinski definition) is 0. The second-order valence-corrected chi connectivity index (χ2v) is 4.99. The number of carbonyl (C=O) groups excluding carboxylic acids is 2. The number of carbonyl (C=O) groups is 2. The molecular formula is C12H17F5O4. The standard InChI is InChI=1S/C12H17F5O4/c1-4-10(2,3)9(19)20-6-5-8(18)21-7-11(13,14)12(15,16)17/h4-7H2,1-3H3. The molecule has 0 radical (unpaired) electrons. The summed E-state index contributed by atoms with van der Waals surface area (Å²) in [6.07, 6.45) is -5.90. The molecule has 4 nitrogen and oxygen atoms in total. The van der Waals surface area contributed by atoms with E-state index in [1.807, 2.05) is 0 Å². The summed E-state index contributed by atoms with van der Waals surface area (Å²) >= 11 is 0. The summed E-state index contributed by atoms with van der Waals surface area (Å²) in [6.45, 7) is 2.42. The summed E-state index contributed by atoms with van der Waals surface area (Å²) in [5.74, 6) is -7.01. The quantitative estimate of drug-likeness (QED) is 0.534. The summed E-state index contributed by atoms with van der Waals surface area (Å²) in [6, 6.07) is 0. The van der Waals surface area contributed by atoms with Gasteiger partial charge in [0.25, 0.3) is 0 Å². The van der Waals surface area contributed by atoms with E-state index in [0.29, 0.717) is 6.42 Å². The van der Waals surface area contributed by atoms with Gasteiger partial charge >= 0.3 is 24.0 Å². The number of rotatable bonds is 7. The van der Waals surface area contributed by atoms with E-state index < -0.39 is 49.1 Å². The van der Waals surface area contributed by atoms with Gasteiger partial charge in [-0.15, -0.1) is 0 Å². The van der Waals surface area contributed by atoms with Crippen LogP contribution in [0.1, 0.15) is 33.6 Å². The Morgan fingerprint density at radius 1 is 1.00 bits per heavy atom. The summed E-state index contributed by atoms with van der Waals surface area (Å²) in [4.78, 5) is 22.5. The Kier molecular flexibility index (Phi) is 6.56. The first-order valence-corrected chi connectivity index (χ1v) is 6.11. The van der Waals surface area contributed by atoms with Crippen molar-refractivity contribution in [3.63, 3.8) is 0 Å². The van der Waals surface area contributed by atoms with Crippen molar-refractivity contribution in [2.24, 2.45) is 5.41 Å². The molecule has 0 heterocycles. The van der Waals surface area contributed by atoms with Gasteiger partial charge in [0.1, 0.15) is 6.61 Å². The van der Waals surface area contributed by atoms with Crippen molar-refractivity contribution in [2.45, 2.75) is 45.7 Å². The van der Waals surface area contributed by atoms with Crippen LogP contribution >= 0.6 is 0 Å². The van der Waals surface area contributed by atoms with Crippen LogP contribution in [0.2, 0.25) is 0 Å². The van der Waals surface area contributed by atoms with Gasteiger partial charge in [-0.3, -0.25) is 9.59 Å². The largest absolute Gasteiger partial charge is 0.465 e. The lowest BCUT2D eigenvalue weighted by atomic mass is 9.91. The maximum absolute atomic E-state index is 12.5. The first kappa shape index (κ1) is 19.6. The molecule has 0 bridgehead atoms. The monoisotopic (exact) mass is 320 g/mol. The molecular weight excluding hydrogens is 303 g/mol. The van der Waals surface area contributed by atoms with E-state index in [9.17, 15) is 31.5 Å². The summed E-state index contributed by atoms with van der Waals surface area (Å²) in [5, 5.41) is 0. The molecule has 0 aliphatic rings. The molecule has 0 rings (SSSR count). The van der Waals surface area contributed by atoms with Gasteiger partial charge in [-0.1, -0.05) is 6.92 Å². The third kappa shape index (κ3) is 6.26. The third-order valence-electron chi connectivity index (χ3n) is 2.80.